The molecule has 0 amide bonds. The topological polar surface area (TPSA) is 17.8 Å². The summed E-state index contributed by atoms with van der Waals surface area (Å²) in [5.41, 5.74) is 0. The molecule has 0 aromatic carbocycles. The number of alkyl halides is 2. The van der Waals surface area contributed by atoms with E-state index in [-0.39, 0.29) is 0 Å². The van der Waals surface area contributed by atoms with Crippen LogP contribution in [-0.2, 0) is 0 Å². The molecule has 1 aromatic heterocycles. The van der Waals surface area contributed by atoms with Gasteiger partial charge in [0.2, 0.25) is 0 Å². The Morgan fingerprint density at radius 3 is 2.20 bits per heavy atom. The highest BCUT2D eigenvalue weighted by Gasteiger charge is 2.01. The Balaban J connectivity index is 0.000000371. The summed E-state index contributed by atoms with van der Waals surface area (Å²) >= 11 is 0. The van der Waals surface area contributed by atoms with Crippen LogP contribution >= 0.6 is 0 Å². The van der Waals surface area contributed by atoms with Gasteiger partial charge in [0.25, 0.3) is 0 Å². The fraction of sp³-hybridized carbons (Fsp3) is 0.500. The molecule has 10 heavy (non-hydrogen) atoms. The lowest BCUT2D eigenvalue weighted by molar-refractivity contribution is 0.0566. The Hall–Kier alpha value is -0.930. The van der Waals surface area contributed by atoms with Crippen LogP contribution in [0, 0.1) is 0 Å². The largest absolute Gasteiger partial charge is 0.333 e. The monoisotopic (exact) mass is 148 g/mol. The molecular weight excluding hydrogens is 138 g/mol. The molecule has 1 rings (SSSR count). The lowest BCUT2D eigenvalue weighted by Gasteiger charge is -1.93. The summed E-state index contributed by atoms with van der Waals surface area (Å²) in [6.45, 7) is 1.49. The Morgan fingerprint density at radius 1 is 1.40 bits per heavy atom. The zero-order chi connectivity index (χ0) is 7.98. The van der Waals surface area contributed by atoms with Gasteiger partial charge in [0, 0.05) is 12.4 Å². The van der Waals surface area contributed by atoms with Crippen LogP contribution in [0.5, 0.6) is 0 Å². The van der Waals surface area contributed by atoms with Crippen LogP contribution in [0.1, 0.15) is 20.4 Å². The zero-order valence-corrected chi connectivity index (χ0v) is 5.96. The van der Waals surface area contributed by atoms with Crippen LogP contribution in [0.25, 0.3) is 0 Å². The first-order valence-corrected chi connectivity index (χ1v) is 3.08. The first-order valence-electron chi connectivity index (χ1n) is 3.08. The molecule has 0 N–H and O–H groups in total. The van der Waals surface area contributed by atoms with Crippen molar-refractivity contribution in [3.8, 4) is 0 Å². The highest BCUT2D eigenvalue weighted by Crippen LogP contribution is 2.04. The molecule has 0 aliphatic heterocycles. The number of hydrogen-bond acceptors (Lipinski definition) is 1. The normalized spacial score (nSPS) is 8.90. The van der Waals surface area contributed by atoms with Crippen LogP contribution in [0.3, 0.4) is 0 Å². The molecule has 0 radical (unpaired) electrons. The quantitative estimate of drug-likeness (QED) is 0.597. The maximum absolute atomic E-state index is 11.5. The molecule has 0 aliphatic rings. The minimum absolute atomic E-state index is 0.583. The molecule has 0 unspecified atom stereocenters. The van der Waals surface area contributed by atoms with Gasteiger partial charge in [0.15, 0.2) is 0 Å². The van der Waals surface area contributed by atoms with Gasteiger partial charge < -0.3 is 0 Å². The molecule has 58 valence electrons. The summed E-state index contributed by atoms with van der Waals surface area (Å²) in [5, 5.41) is 3.28. The van der Waals surface area contributed by atoms with E-state index in [2.05, 4.69) is 5.10 Å². The van der Waals surface area contributed by atoms with E-state index in [1.165, 1.54) is 18.5 Å². The highest BCUT2D eigenvalue weighted by molar-refractivity contribution is 4.77. The number of aromatic nitrogens is 2. The molecule has 1 aromatic rings. The zero-order valence-electron chi connectivity index (χ0n) is 5.96. The van der Waals surface area contributed by atoms with E-state index < -0.39 is 6.55 Å². The van der Waals surface area contributed by atoms with Gasteiger partial charge in [0.1, 0.15) is 0 Å². The van der Waals surface area contributed by atoms with Crippen molar-refractivity contribution in [1.82, 2.24) is 9.78 Å². The Morgan fingerprint density at radius 2 is 2.00 bits per heavy atom. The maximum atomic E-state index is 11.5. The lowest BCUT2D eigenvalue weighted by Crippen LogP contribution is -1.96. The third-order valence-electron chi connectivity index (χ3n) is 0.725. The lowest BCUT2D eigenvalue weighted by atomic mass is 10.8. The summed E-state index contributed by atoms with van der Waals surface area (Å²) in [4.78, 5) is 0. The van der Waals surface area contributed by atoms with Crippen molar-refractivity contribution < 1.29 is 8.78 Å². The van der Waals surface area contributed by atoms with Crippen molar-refractivity contribution >= 4 is 0 Å². The third-order valence-corrected chi connectivity index (χ3v) is 0.725. The van der Waals surface area contributed by atoms with Gasteiger partial charge in [-0.2, -0.15) is 13.9 Å². The highest BCUT2D eigenvalue weighted by atomic mass is 19.3. The average Bonchev–Trinajstić information content (AvgIpc) is 2.42. The molecule has 0 saturated carbocycles. The van der Waals surface area contributed by atoms with Crippen LogP contribution < -0.4 is 0 Å². The van der Waals surface area contributed by atoms with Gasteiger partial charge in [-0.15, -0.1) is 0 Å². The standard InChI is InChI=1S/C4H4F2N2.C2H6/c5-4(6)8-3-1-2-7-8;1-2/h1-4H;1-2H3. The molecule has 0 aliphatic carbocycles. The molecule has 4 heteroatoms. The fourth-order valence-corrected chi connectivity index (χ4v) is 0.396. The van der Waals surface area contributed by atoms with Crippen molar-refractivity contribution in [2.24, 2.45) is 0 Å². The van der Waals surface area contributed by atoms with E-state index >= 15 is 0 Å². The van der Waals surface area contributed by atoms with E-state index in [0.717, 1.165) is 0 Å². The van der Waals surface area contributed by atoms with Crippen LogP contribution in [0.4, 0.5) is 8.78 Å². The van der Waals surface area contributed by atoms with Gasteiger partial charge in [-0.1, -0.05) is 13.8 Å². The van der Waals surface area contributed by atoms with Gasteiger partial charge >= 0.3 is 6.55 Å². The first-order chi connectivity index (χ1) is 4.80. The predicted octanol–water partition coefficient (Wildman–Crippen LogP) is 2.30. The summed E-state index contributed by atoms with van der Waals surface area (Å²) in [5.74, 6) is 0. The van der Waals surface area contributed by atoms with E-state index in [1.54, 1.807) is 0 Å². The molecule has 0 atom stereocenters. The summed E-state index contributed by atoms with van der Waals surface area (Å²) in [6.07, 6.45) is 2.52. The second kappa shape index (κ2) is 4.90. The molecule has 0 fully saturated rings. The van der Waals surface area contributed by atoms with E-state index in [1.807, 2.05) is 13.8 Å². The summed E-state index contributed by atoms with van der Waals surface area (Å²) in [7, 11) is 0. The third kappa shape index (κ3) is 2.57. The van der Waals surface area contributed by atoms with Crippen LogP contribution in [0.2, 0.25) is 0 Å². The van der Waals surface area contributed by atoms with Gasteiger partial charge in [0.05, 0.1) is 0 Å². The number of halogens is 2. The van der Waals surface area contributed by atoms with Crippen molar-refractivity contribution in [3.63, 3.8) is 0 Å². The Kier molecular flexibility index (Phi) is 4.45. The van der Waals surface area contributed by atoms with E-state index in [4.69, 9.17) is 0 Å². The molecule has 1 heterocycles. The minimum Gasteiger partial charge on any atom is -0.212 e. The number of rotatable bonds is 1. The molecule has 0 saturated heterocycles. The molecule has 0 bridgehead atoms. The second-order valence-electron chi connectivity index (χ2n) is 1.26. The Labute approximate surface area is 58.5 Å². The smallest absolute Gasteiger partial charge is 0.212 e. The summed E-state index contributed by atoms with van der Waals surface area (Å²) in [6, 6.07) is 1.45. The number of hydrogen-bond donors (Lipinski definition) is 0. The predicted molar refractivity (Wildman–Crippen MR) is 34.8 cm³/mol. The van der Waals surface area contributed by atoms with Crippen molar-refractivity contribution in [3.05, 3.63) is 18.5 Å². The summed E-state index contributed by atoms with van der Waals surface area (Å²) < 4.78 is 23.6. The SMILES string of the molecule is CC.FC(F)n1cccn1. The van der Waals surface area contributed by atoms with Gasteiger partial charge in [-0.05, 0) is 6.07 Å². The first kappa shape index (κ1) is 9.07. The van der Waals surface area contributed by atoms with Crippen LogP contribution in [0.15, 0.2) is 18.5 Å². The molecule has 2 nitrogen and oxygen atoms in total. The van der Waals surface area contributed by atoms with Crippen molar-refractivity contribution in [2.75, 3.05) is 0 Å². The van der Waals surface area contributed by atoms with Crippen molar-refractivity contribution in [1.29, 1.82) is 0 Å². The van der Waals surface area contributed by atoms with Gasteiger partial charge in [-0.3, -0.25) is 0 Å². The molecular formula is C6H10F2N2. The fourth-order valence-electron chi connectivity index (χ4n) is 0.396. The van der Waals surface area contributed by atoms with Crippen LogP contribution in [-0.4, -0.2) is 9.78 Å². The van der Waals surface area contributed by atoms with E-state index in [9.17, 15) is 8.78 Å². The maximum Gasteiger partial charge on any atom is 0.333 e. The van der Waals surface area contributed by atoms with E-state index in [0.29, 0.717) is 4.68 Å². The Bertz CT molecular complexity index is 149. The second-order valence-corrected chi connectivity index (χ2v) is 1.26. The van der Waals surface area contributed by atoms with Gasteiger partial charge in [-0.25, -0.2) is 4.68 Å². The minimum atomic E-state index is -2.51. The molecule has 0 spiro atoms. The number of nitrogens with zero attached hydrogens (tertiary/aromatic N) is 2. The van der Waals surface area contributed by atoms with Crippen molar-refractivity contribution in [2.45, 2.75) is 20.4 Å². The average molecular weight is 148 g/mol.